The summed E-state index contributed by atoms with van der Waals surface area (Å²) in [4.78, 5) is 8.77. The predicted octanol–water partition coefficient (Wildman–Crippen LogP) is 2.71. The first-order valence-electron chi connectivity index (χ1n) is 2.82. The molecular formula is C6H11ClO2. The van der Waals surface area contributed by atoms with Gasteiger partial charge in [0, 0.05) is 11.6 Å². The van der Waals surface area contributed by atoms with E-state index in [1.54, 1.807) is 0 Å². The molecule has 1 fully saturated rings. The SMILES string of the molecule is CC1(C)CC1.O=C(O)Cl. The Kier molecular flexibility index (Phi) is 2.98. The van der Waals surface area contributed by atoms with Crippen LogP contribution in [-0.2, 0) is 0 Å². The van der Waals surface area contributed by atoms with E-state index in [1.165, 1.54) is 12.8 Å². The first-order valence-corrected chi connectivity index (χ1v) is 3.20. The van der Waals surface area contributed by atoms with Crippen molar-refractivity contribution in [3.05, 3.63) is 0 Å². The highest BCUT2D eigenvalue weighted by Gasteiger charge is 2.30. The average Bonchev–Trinajstić information content (AvgIpc) is 2.16. The van der Waals surface area contributed by atoms with Gasteiger partial charge in [0.25, 0.3) is 0 Å². The molecule has 2 nitrogen and oxygen atoms in total. The van der Waals surface area contributed by atoms with E-state index < -0.39 is 5.43 Å². The number of hydrogen-bond acceptors (Lipinski definition) is 1. The maximum atomic E-state index is 8.77. The Morgan fingerprint density at radius 2 is 1.67 bits per heavy atom. The van der Waals surface area contributed by atoms with Gasteiger partial charge in [-0.15, -0.1) is 0 Å². The predicted molar refractivity (Wildman–Crippen MR) is 36.9 cm³/mol. The molecule has 0 aromatic rings. The second kappa shape index (κ2) is 3.06. The van der Waals surface area contributed by atoms with Gasteiger partial charge < -0.3 is 5.11 Å². The largest absolute Gasteiger partial charge is 0.469 e. The highest BCUT2D eigenvalue weighted by atomic mass is 35.5. The minimum absolute atomic E-state index is 0.750. The van der Waals surface area contributed by atoms with Crippen molar-refractivity contribution in [2.24, 2.45) is 5.41 Å². The van der Waals surface area contributed by atoms with Gasteiger partial charge in [0.2, 0.25) is 0 Å². The van der Waals surface area contributed by atoms with Crippen molar-refractivity contribution < 1.29 is 9.90 Å². The zero-order valence-electron chi connectivity index (χ0n) is 5.65. The second-order valence-electron chi connectivity index (χ2n) is 2.92. The molecule has 0 aromatic carbocycles. The molecule has 0 unspecified atom stereocenters. The average molecular weight is 151 g/mol. The first-order chi connectivity index (χ1) is 3.94. The third kappa shape index (κ3) is 11.4. The molecule has 0 amide bonds. The highest BCUT2D eigenvalue weighted by molar-refractivity contribution is 6.60. The Bertz CT molecular complexity index is 99.6. The molecule has 0 heterocycles. The number of carboxylic acid groups (broad SMARTS) is 1. The first kappa shape index (κ1) is 8.76. The van der Waals surface area contributed by atoms with E-state index >= 15 is 0 Å². The van der Waals surface area contributed by atoms with E-state index in [0.717, 1.165) is 5.41 Å². The molecule has 0 bridgehead atoms. The number of rotatable bonds is 0. The summed E-state index contributed by atoms with van der Waals surface area (Å²) in [6.45, 7) is 4.60. The zero-order chi connectivity index (χ0) is 7.49. The summed E-state index contributed by atoms with van der Waals surface area (Å²) in [7, 11) is 0. The normalized spacial score (nSPS) is 19.4. The fourth-order valence-corrected chi connectivity index (χ4v) is 0.250. The van der Waals surface area contributed by atoms with Crippen LogP contribution in [0.4, 0.5) is 4.79 Å². The van der Waals surface area contributed by atoms with Crippen LogP contribution in [0.25, 0.3) is 0 Å². The standard InChI is InChI=1S/C5H10.CHClO2/c1-5(2)3-4-5;2-1(3)4/h3-4H2,1-2H3;(H,3,4). The monoisotopic (exact) mass is 150 g/mol. The van der Waals surface area contributed by atoms with Gasteiger partial charge in [-0.2, -0.15) is 0 Å². The molecule has 9 heavy (non-hydrogen) atoms. The molecule has 1 aliphatic carbocycles. The topological polar surface area (TPSA) is 37.3 Å². The van der Waals surface area contributed by atoms with Crippen LogP contribution in [0.15, 0.2) is 0 Å². The van der Waals surface area contributed by atoms with Gasteiger partial charge >= 0.3 is 5.43 Å². The Balaban J connectivity index is 0.000000148. The van der Waals surface area contributed by atoms with Gasteiger partial charge in [0.1, 0.15) is 0 Å². The van der Waals surface area contributed by atoms with Crippen molar-refractivity contribution in [3.8, 4) is 0 Å². The van der Waals surface area contributed by atoms with Crippen molar-refractivity contribution in [2.45, 2.75) is 26.7 Å². The van der Waals surface area contributed by atoms with E-state index in [4.69, 9.17) is 9.90 Å². The molecule has 54 valence electrons. The fraction of sp³-hybridized carbons (Fsp3) is 0.833. The summed E-state index contributed by atoms with van der Waals surface area (Å²) in [5, 5.41) is 7.18. The van der Waals surface area contributed by atoms with E-state index in [-0.39, 0.29) is 0 Å². The third-order valence-electron chi connectivity index (χ3n) is 1.25. The van der Waals surface area contributed by atoms with Crippen LogP contribution in [0.1, 0.15) is 26.7 Å². The number of carbonyl (C=O) groups is 1. The summed E-state index contributed by atoms with van der Waals surface area (Å²) >= 11 is 4.19. The zero-order valence-corrected chi connectivity index (χ0v) is 6.40. The highest BCUT2D eigenvalue weighted by Crippen LogP contribution is 2.43. The summed E-state index contributed by atoms with van der Waals surface area (Å²) in [5.74, 6) is 0. The Hall–Kier alpha value is -0.240. The van der Waals surface area contributed by atoms with Crippen LogP contribution in [0, 0.1) is 5.41 Å². The Morgan fingerprint density at radius 1 is 1.56 bits per heavy atom. The molecule has 0 aliphatic heterocycles. The third-order valence-corrected chi connectivity index (χ3v) is 1.25. The van der Waals surface area contributed by atoms with Crippen LogP contribution < -0.4 is 0 Å². The lowest BCUT2D eigenvalue weighted by Crippen LogP contribution is -1.75. The van der Waals surface area contributed by atoms with Crippen molar-refractivity contribution >= 4 is 17.0 Å². The Morgan fingerprint density at radius 3 is 1.67 bits per heavy atom. The maximum absolute atomic E-state index is 8.77. The fourth-order valence-electron chi connectivity index (χ4n) is 0.250. The van der Waals surface area contributed by atoms with Crippen LogP contribution in [0.3, 0.4) is 0 Å². The van der Waals surface area contributed by atoms with Gasteiger partial charge in [0.05, 0.1) is 0 Å². The molecule has 1 saturated carbocycles. The maximum Gasteiger partial charge on any atom is 0.401 e. The minimum atomic E-state index is -1.36. The minimum Gasteiger partial charge on any atom is -0.469 e. The summed E-state index contributed by atoms with van der Waals surface area (Å²) in [6.07, 6.45) is 2.90. The molecule has 0 radical (unpaired) electrons. The molecule has 0 atom stereocenters. The van der Waals surface area contributed by atoms with Crippen LogP contribution in [0.5, 0.6) is 0 Å². The summed E-state index contributed by atoms with van der Waals surface area (Å²) in [6, 6.07) is 0. The van der Waals surface area contributed by atoms with E-state index in [0.29, 0.717) is 0 Å². The van der Waals surface area contributed by atoms with Crippen molar-refractivity contribution in [1.82, 2.24) is 0 Å². The lowest BCUT2D eigenvalue weighted by atomic mass is 10.2. The van der Waals surface area contributed by atoms with Gasteiger partial charge in [-0.3, -0.25) is 0 Å². The van der Waals surface area contributed by atoms with E-state index in [2.05, 4.69) is 25.4 Å². The van der Waals surface area contributed by atoms with E-state index in [9.17, 15) is 0 Å². The van der Waals surface area contributed by atoms with Crippen LogP contribution in [-0.4, -0.2) is 10.5 Å². The summed E-state index contributed by atoms with van der Waals surface area (Å²) in [5.41, 5.74) is -0.611. The quantitative estimate of drug-likeness (QED) is 0.539. The molecule has 1 aliphatic rings. The molecule has 1 N–H and O–H groups in total. The van der Waals surface area contributed by atoms with Gasteiger partial charge in [-0.25, -0.2) is 4.79 Å². The molecule has 1 rings (SSSR count). The molecule has 0 saturated heterocycles. The number of hydrogen-bond donors (Lipinski definition) is 1. The van der Waals surface area contributed by atoms with Crippen molar-refractivity contribution in [1.29, 1.82) is 0 Å². The Labute approximate surface area is 59.8 Å². The van der Waals surface area contributed by atoms with E-state index in [1.807, 2.05) is 0 Å². The molecule has 3 heteroatoms. The summed E-state index contributed by atoms with van der Waals surface area (Å²) < 4.78 is 0. The lowest BCUT2D eigenvalue weighted by molar-refractivity contribution is 0.220. The van der Waals surface area contributed by atoms with Crippen molar-refractivity contribution in [2.75, 3.05) is 0 Å². The van der Waals surface area contributed by atoms with Crippen LogP contribution in [0.2, 0.25) is 0 Å². The van der Waals surface area contributed by atoms with Gasteiger partial charge in [-0.1, -0.05) is 13.8 Å². The molecule has 0 spiro atoms. The van der Waals surface area contributed by atoms with Crippen molar-refractivity contribution in [3.63, 3.8) is 0 Å². The lowest BCUT2D eigenvalue weighted by Gasteiger charge is -1.86. The smallest absolute Gasteiger partial charge is 0.401 e. The number of halogens is 1. The van der Waals surface area contributed by atoms with Crippen LogP contribution >= 0.6 is 11.6 Å². The molecule has 0 aromatic heterocycles. The van der Waals surface area contributed by atoms with Gasteiger partial charge in [-0.05, 0) is 18.3 Å². The second-order valence-corrected chi connectivity index (χ2v) is 3.24. The van der Waals surface area contributed by atoms with Gasteiger partial charge in [0.15, 0.2) is 0 Å². The molecular weight excluding hydrogens is 140 g/mol.